The zero-order valence-electron chi connectivity index (χ0n) is 17.7. The summed E-state index contributed by atoms with van der Waals surface area (Å²) >= 11 is 9.52. The molecule has 1 rings (SSSR count). The molecule has 3 amide bonds. The standard InChI is InChI=1S/C20H30N4O5S3/c1-32-8-7-14(18(26)24-16(11-31)20(28)29)22-19(27)15(10-30)23-17(25)13(21)9-12-5-3-2-4-6-12/h2-6,13-16,30-31H,7-11,21H2,1H3,(H,22,27)(H,23,25)(H,24,26)(H,28,29). The van der Waals surface area contributed by atoms with Crippen molar-refractivity contribution in [2.45, 2.75) is 37.0 Å². The Hall–Kier alpha value is -1.89. The summed E-state index contributed by atoms with van der Waals surface area (Å²) in [6.07, 6.45) is 2.42. The Morgan fingerprint density at radius 2 is 1.47 bits per heavy atom. The van der Waals surface area contributed by atoms with Crippen molar-refractivity contribution in [2.75, 3.05) is 23.5 Å². The number of aliphatic carboxylic acids is 1. The van der Waals surface area contributed by atoms with Crippen LogP contribution in [0.5, 0.6) is 0 Å². The minimum atomic E-state index is -1.23. The smallest absolute Gasteiger partial charge is 0.327 e. The Bertz CT molecular complexity index is 769. The van der Waals surface area contributed by atoms with E-state index in [1.165, 1.54) is 11.8 Å². The van der Waals surface area contributed by atoms with Gasteiger partial charge in [-0.15, -0.1) is 0 Å². The van der Waals surface area contributed by atoms with Crippen LogP contribution in [0.1, 0.15) is 12.0 Å². The number of thioether (sulfide) groups is 1. The van der Waals surface area contributed by atoms with E-state index in [2.05, 4.69) is 41.2 Å². The highest BCUT2D eigenvalue weighted by molar-refractivity contribution is 7.98. The summed E-state index contributed by atoms with van der Waals surface area (Å²) in [5, 5.41) is 16.6. The molecule has 4 atom stereocenters. The average molecular weight is 503 g/mol. The molecule has 0 aliphatic heterocycles. The van der Waals surface area contributed by atoms with Crippen LogP contribution in [0.4, 0.5) is 0 Å². The maximum Gasteiger partial charge on any atom is 0.327 e. The minimum absolute atomic E-state index is 0.0130. The van der Waals surface area contributed by atoms with Crippen LogP contribution in [0.15, 0.2) is 30.3 Å². The number of rotatable bonds is 14. The monoisotopic (exact) mass is 502 g/mol. The number of nitrogens with one attached hydrogen (secondary N) is 3. The molecule has 9 nitrogen and oxygen atoms in total. The van der Waals surface area contributed by atoms with Crippen LogP contribution in [-0.4, -0.2) is 76.5 Å². The van der Waals surface area contributed by atoms with Crippen LogP contribution >= 0.6 is 37.0 Å². The third-order valence-corrected chi connectivity index (χ3v) is 5.87. The van der Waals surface area contributed by atoms with Crippen molar-refractivity contribution < 1.29 is 24.3 Å². The normalized spacial score (nSPS) is 14.5. The van der Waals surface area contributed by atoms with Gasteiger partial charge in [0.05, 0.1) is 6.04 Å². The van der Waals surface area contributed by atoms with Crippen molar-refractivity contribution in [3.63, 3.8) is 0 Å². The Labute approximate surface area is 202 Å². The summed E-state index contributed by atoms with van der Waals surface area (Å²) in [5.41, 5.74) is 6.85. The van der Waals surface area contributed by atoms with E-state index < -0.39 is 47.9 Å². The molecule has 6 N–H and O–H groups in total. The van der Waals surface area contributed by atoms with Gasteiger partial charge in [-0.05, 0) is 30.4 Å². The van der Waals surface area contributed by atoms with E-state index in [4.69, 9.17) is 10.8 Å². The number of amides is 3. The van der Waals surface area contributed by atoms with Gasteiger partial charge in [-0.25, -0.2) is 4.79 Å². The zero-order chi connectivity index (χ0) is 24.1. The summed E-state index contributed by atoms with van der Waals surface area (Å²) in [6.45, 7) is 0. The molecule has 4 unspecified atom stereocenters. The van der Waals surface area contributed by atoms with Gasteiger partial charge in [0, 0.05) is 11.5 Å². The predicted octanol–water partition coefficient (Wildman–Crippen LogP) is -0.292. The minimum Gasteiger partial charge on any atom is -0.480 e. The summed E-state index contributed by atoms with van der Waals surface area (Å²) in [5.74, 6) is -2.56. The number of carbonyl (C=O) groups is 4. The van der Waals surface area contributed by atoms with Crippen LogP contribution in [0, 0.1) is 0 Å². The molecule has 0 saturated heterocycles. The summed E-state index contributed by atoms with van der Waals surface area (Å²) < 4.78 is 0. The van der Waals surface area contributed by atoms with Crippen molar-refractivity contribution in [1.82, 2.24) is 16.0 Å². The van der Waals surface area contributed by atoms with Gasteiger partial charge in [-0.2, -0.15) is 37.0 Å². The quantitative estimate of drug-likeness (QED) is 0.173. The Balaban J connectivity index is 2.77. The van der Waals surface area contributed by atoms with Crippen molar-refractivity contribution in [2.24, 2.45) is 5.73 Å². The summed E-state index contributed by atoms with van der Waals surface area (Å²) in [6, 6.07) is 5.19. The maximum atomic E-state index is 12.7. The van der Waals surface area contributed by atoms with Crippen LogP contribution in [0.2, 0.25) is 0 Å². The number of carbonyl (C=O) groups excluding carboxylic acids is 3. The molecule has 0 bridgehead atoms. The van der Waals surface area contributed by atoms with Gasteiger partial charge < -0.3 is 26.8 Å². The van der Waals surface area contributed by atoms with Crippen LogP contribution in [0.3, 0.4) is 0 Å². The van der Waals surface area contributed by atoms with Crippen LogP contribution < -0.4 is 21.7 Å². The lowest BCUT2D eigenvalue weighted by Crippen LogP contribution is -2.58. The zero-order valence-corrected chi connectivity index (χ0v) is 20.3. The first-order valence-electron chi connectivity index (χ1n) is 9.87. The van der Waals surface area contributed by atoms with E-state index in [0.717, 1.165) is 5.56 Å². The first-order chi connectivity index (χ1) is 15.2. The lowest BCUT2D eigenvalue weighted by Gasteiger charge is -2.24. The van der Waals surface area contributed by atoms with E-state index in [1.807, 2.05) is 36.6 Å². The molecule has 32 heavy (non-hydrogen) atoms. The first kappa shape index (κ1) is 28.1. The lowest BCUT2D eigenvalue weighted by molar-refractivity contribution is -0.141. The molecule has 0 saturated carbocycles. The number of hydrogen-bond donors (Lipinski definition) is 7. The number of hydrogen-bond acceptors (Lipinski definition) is 8. The van der Waals surface area contributed by atoms with Gasteiger partial charge in [0.1, 0.15) is 18.1 Å². The second-order valence-corrected chi connectivity index (χ2v) is 8.68. The highest BCUT2D eigenvalue weighted by Crippen LogP contribution is 2.05. The molecule has 178 valence electrons. The molecule has 0 aliphatic carbocycles. The van der Waals surface area contributed by atoms with E-state index in [1.54, 1.807) is 0 Å². The molecular weight excluding hydrogens is 472 g/mol. The van der Waals surface area contributed by atoms with Crippen molar-refractivity contribution >= 4 is 60.7 Å². The number of carboxylic acid groups (broad SMARTS) is 1. The number of thiol groups is 2. The van der Waals surface area contributed by atoms with Gasteiger partial charge >= 0.3 is 5.97 Å². The van der Waals surface area contributed by atoms with Gasteiger partial charge in [0.15, 0.2) is 0 Å². The molecule has 0 aliphatic rings. The largest absolute Gasteiger partial charge is 0.480 e. The van der Waals surface area contributed by atoms with E-state index in [0.29, 0.717) is 12.2 Å². The van der Waals surface area contributed by atoms with Crippen molar-refractivity contribution in [1.29, 1.82) is 0 Å². The maximum absolute atomic E-state index is 12.7. The van der Waals surface area contributed by atoms with E-state index in [9.17, 15) is 19.2 Å². The second kappa shape index (κ2) is 15.0. The summed E-state index contributed by atoms with van der Waals surface area (Å²) in [4.78, 5) is 48.9. The second-order valence-electron chi connectivity index (χ2n) is 6.96. The topological polar surface area (TPSA) is 151 Å². The lowest BCUT2D eigenvalue weighted by atomic mass is 10.1. The molecule has 0 fully saturated rings. The third kappa shape index (κ3) is 9.72. The van der Waals surface area contributed by atoms with E-state index >= 15 is 0 Å². The molecule has 0 aromatic heterocycles. The Morgan fingerprint density at radius 1 is 0.938 bits per heavy atom. The number of benzene rings is 1. The molecule has 12 heteroatoms. The van der Waals surface area contributed by atoms with Gasteiger partial charge in [0.2, 0.25) is 17.7 Å². The molecule has 0 spiro atoms. The fourth-order valence-corrected chi connectivity index (χ4v) is 3.64. The first-order valence-corrected chi connectivity index (χ1v) is 12.5. The molecule has 1 aromatic carbocycles. The van der Waals surface area contributed by atoms with Crippen molar-refractivity contribution in [3.05, 3.63) is 35.9 Å². The van der Waals surface area contributed by atoms with Gasteiger partial charge in [0.25, 0.3) is 0 Å². The molecule has 0 heterocycles. The Kier molecular flexibility index (Phi) is 13.2. The average Bonchev–Trinajstić information content (AvgIpc) is 2.78. The van der Waals surface area contributed by atoms with Crippen LogP contribution in [-0.2, 0) is 25.6 Å². The number of nitrogens with two attached hydrogens (primary N) is 1. The highest BCUT2D eigenvalue weighted by Gasteiger charge is 2.29. The number of carboxylic acids is 1. The SMILES string of the molecule is CSCCC(NC(=O)C(CS)NC(=O)C(N)Cc1ccccc1)C(=O)NC(CS)C(=O)O. The fourth-order valence-electron chi connectivity index (χ4n) is 2.67. The highest BCUT2D eigenvalue weighted by atomic mass is 32.2. The van der Waals surface area contributed by atoms with Crippen molar-refractivity contribution in [3.8, 4) is 0 Å². The fraction of sp³-hybridized carbons (Fsp3) is 0.500. The van der Waals surface area contributed by atoms with Crippen LogP contribution in [0.25, 0.3) is 0 Å². The van der Waals surface area contributed by atoms with Gasteiger partial charge in [-0.1, -0.05) is 30.3 Å². The Morgan fingerprint density at radius 3 is 2.00 bits per heavy atom. The summed E-state index contributed by atoms with van der Waals surface area (Å²) in [7, 11) is 0. The van der Waals surface area contributed by atoms with E-state index in [-0.39, 0.29) is 17.9 Å². The van der Waals surface area contributed by atoms with Gasteiger partial charge in [-0.3, -0.25) is 14.4 Å². The molecule has 0 radical (unpaired) electrons. The molecular formula is C20H30N4O5S3. The predicted molar refractivity (Wildman–Crippen MR) is 132 cm³/mol. The molecule has 1 aromatic rings. The third-order valence-electron chi connectivity index (χ3n) is 4.49.